The van der Waals surface area contributed by atoms with E-state index in [1.54, 1.807) is 6.07 Å². The maximum Gasteiger partial charge on any atom is 0.336 e. The van der Waals surface area contributed by atoms with Crippen LogP contribution in [-0.2, 0) is 6.42 Å². The van der Waals surface area contributed by atoms with Crippen LogP contribution in [0.1, 0.15) is 47.3 Å². The molecule has 1 heterocycles. The maximum atomic E-state index is 11.6. The van der Waals surface area contributed by atoms with Crippen molar-refractivity contribution in [3.63, 3.8) is 0 Å². The van der Waals surface area contributed by atoms with Gasteiger partial charge in [0.15, 0.2) is 0 Å². The van der Waals surface area contributed by atoms with Gasteiger partial charge in [-0.3, -0.25) is 4.98 Å². The van der Waals surface area contributed by atoms with Crippen LogP contribution in [0.4, 0.5) is 0 Å². The van der Waals surface area contributed by atoms with Gasteiger partial charge in [-0.15, -0.1) is 0 Å². The number of hydrogen-bond acceptors (Lipinski definition) is 2. The summed E-state index contributed by atoms with van der Waals surface area (Å²) in [5.74, 6) is -0.537. The molecule has 19 heavy (non-hydrogen) atoms. The molecule has 3 nitrogen and oxygen atoms in total. The molecule has 1 aromatic heterocycles. The number of hydrogen-bond donors (Lipinski definition) is 1. The molecule has 0 fully saturated rings. The summed E-state index contributed by atoms with van der Waals surface area (Å²) >= 11 is 6.17. The lowest BCUT2D eigenvalue weighted by Gasteiger charge is -2.12. The molecule has 98 valence electrons. The Morgan fingerprint density at radius 1 is 1.53 bits per heavy atom. The van der Waals surface area contributed by atoms with E-state index in [9.17, 15) is 9.90 Å². The third kappa shape index (κ3) is 1.80. The van der Waals surface area contributed by atoms with Crippen molar-refractivity contribution in [1.82, 2.24) is 4.98 Å². The van der Waals surface area contributed by atoms with Crippen molar-refractivity contribution in [1.29, 1.82) is 0 Å². The second kappa shape index (κ2) is 4.49. The van der Waals surface area contributed by atoms with E-state index in [1.807, 2.05) is 12.1 Å². The molecule has 1 aliphatic carbocycles. The minimum Gasteiger partial charge on any atom is -0.478 e. The van der Waals surface area contributed by atoms with Crippen LogP contribution >= 0.6 is 11.6 Å². The summed E-state index contributed by atoms with van der Waals surface area (Å²) in [6, 6.07) is 5.36. The van der Waals surface area contributed by atoms with Gasteiger partial charge < -0.3 is 5.11 Å². The Balaban J connectivity index is 2.42. The number of pyridine rings is 1. The SMILES string of the molecule is CCC1CCc2c1nc1cccc(Cl)c1c2C(=O)O. The molecule has 1 aromatic carbocycles. The van der Waals surface area contributed by atoms with Crippen molar-refractivity contribution < 1.29 is 9.90 Å². The Morgan fingerprint density at radius 2 is 2.32 bits per heavy atom. The number of rotatable bonds is 2. The number of carbonyl (C=O) groups is 1. The van der Waals surface area contributed by atoms with Crippen LogP contribution in [-0.4, -0.2) is 16.1 Å². The van der Waals surface area contributed by atoms with Crippen molar-refractivity contribution in [2.75, 3.05) is 0 Å². The zero-order valence-corrected chi connectivity index (χ0v) is 11.4. The van der Waals surface area contributed by atoms with E-state index in [0.29, 0.717) is 27.4 Å². The van der Waals surface area contributed by atoms with Crippen molar-refractivity contribution in [2.45, 2.75) is 32.1 Å². The molecule has 1 atom stereocenters. The summed E-state index contributed by atoms with van der Waals surface area (Å²) in [6.45, 7) is 2.12. The largest absolute Gasteiger partial charge is 0.478 e. The van der Waals surface area contributed by atoms with E-state index in [0.717, 1.165) is 30.5 Å². The Labute approximate surface area is 116 Å². The quantitative estimate of drug-likeness (QED) is 0.900. The van der Waals surface area contributed by atoms with E-state index in [4.69, 9.17) is 11.6 Å². The van der Waals surface area contributed by atoms with Gasteiger partial charge in [0.2, 0.25) is 0 Å². The van der Waals surface area contributed by atoms with Crippen LogP contribution in [0.25, 0.3) is 10.9 Å². The molecule has 0 saturated heterocycles. The topological polar surface area (TPSA) is 50.2 Å². The zero-order chi connectivity index (χ0) is 13.6. The second-order valence-electron chi connectivity index (χ2n) is 4.93. The summed E-state index contributed by atoms with van der Waals surface area (Å²) in [5.41, 5.74) is 2.86. The number of fused-ring (bicyclic) bond motifs is 2. The molecule has 0 saturated carbocycles. The van der Waals surface area contributed by atoms with Gasteiger partial charge >= 0.3 is 5.97 Å². The fraction of sp³-hybridized carbons (Fsp3) is 0.333. The van der Waals surface area contributed by atoms with E-state index in [-0.39, 0.29) is 0 Å². The Hall–Kier alpha value is -1.61. The highest BCUT2D eigenvalue weighted by Crippen LogP contribution is 2.40. The van der Waals surface area contributed by atoms with Crippen molar-refractivity contribution in [2.24, 2.45) is 0 Å². The predicted octanol–water partition coefficient (Wildman–Crippen LogP) is 4.03. The summed E-state index contributed by atoms with van der Waals surface area (Å²) in [4.78, 5) is 16.3. The minimum absolute atomic E-state index is 0.349. The highest BCUT2D eigenvalue weighted by Gasteiger charge is 2.29. The first kappa shape index (κ1) is 12.4. The second-order valence-corrected chi connectivity index (χ2v) is 5.34. The van der Waals surface area contributed by atoms with Crippen LogP contribution in [0, 0.1) is 0 Å². The average molecular weight is 276 g/mol. The Morgan fingerprint density at radius 3 is 3.00 bits per heavy atom. The van der Waals surface area contributed by atoms with Crippen LogP contribution in [0.3, 0.4) is 0 Å². The van der Waals surface area contributed by atoms with E-state index in [1.165, 1.54) is 0 Å². The average Bonchev–Trinajstić information content (AvgIpc) is 2.78. The molecule has 1 unspecified atom stereocenters. The number of halogens is 1. The van der Waals surface area contributed by atoms with Gasteiger partial charge in [-0.25, -0.2) is 4.79 Å². The first-order valence-corrected chi connectivity index (χ1v) is 6.85. The summed E-state index contributed by atoms with van der Waals surface area (Å²) in [5, 5.41) is 10.6. The number of benzene rings is 1. The molecule has 0 aliphatic heterocycles. The lowest BCUT2D eigenvalue weighted by molar-refractivity contribution is 0.0698. The third-order valence-corrected chi connectivity index (χ3v) is 4.24. The molecule has 0 spiro atoms. The van der Waals surface area contributed by atoms with Crippen LogP contribution in [0.15, 0.2) is 18.2 Å². The maximum absolute atomic E-state index is 11.6. The van der Waals surface area contributed by atoms with Crippen LogP contribution < -0.4 is 0 Å². The molecule has 0 amide bonds. The lowest BCUT2D eigenvalue weighted by Crippen LogP contribution is -2.06. The minimum atomic E-state index is -0.909. The van der Waals surface area contributed by atoms with E-state index >= 15 is 0 Å². The summed E-state index contributed by atoms with van der Waals surface area (Å²) in [7, 11) is 0. The molecule has 1 N–H and O–H groups in total. The molecular weight excluding hydrogens is 262 g/mol. The molecule has 2 aromatic rings. The monoisotopic (exact) mass is 275 g/mol. The number of carboxylic acids is 1. The highest BCUT2D eigenvalue weighted by atomic mass is 35.5. The van der Waals surface area contributed by atoms with Crippen molar-refractivity contribution >= 4 is 28.5 Å². The van der Waals surface area contributed by atoms with E-state index < -0.39 is 5.97 Å². The molecule has 3 rings (SSSR count). The number of aromatic carboxylic acids is 1. The van der Waals surface area contributed by atoms with Crippen LogP contribution in [0.5, 0.6) is 0 Å². The fourth-order valence-electron chi connectivity index (χ4n) is 3.01. The zero-order valence-electron chi connectivity index (χ0n) is 10.6. The molecule has 1 aliphatic rings. The lowest BCUT2D eigenvalue weighted by atomic mass is 9.99. The van der Waals surface area contributed by atoms with Crippen LogP contribution in [0.2, 0.25) is 5.02 Å². The summed E-state index contributed by atoms with van der Waals surface area (Å²) < 4.78 is 0. The Bertz CT molecular complexity index is 681. The van der Waals surface area contributed by atoms with Gasteiger partial charge in [0.05, 0.1) is 16.1 Å². The van der Waals surface area contributed by atoms with Gasteiger partial charge in [0, 0.05) is 17.0 Å². The number of carboxylic acid groups (broad SMARTS) is 1. The number of nitrogens with zero attached hydrogens (tertiary/aromatic N) is 1. The van der Waals surface area contributed by atoms with Gasteiger partial charge in [-0.1, -0.05) is 24.6 Å². The van der Waals surface area contributed by atoms with Gasteiger partial charge in [0.25, 0.3) is 0 Å². The van der Waals surface area contributed by atoms with Crippen molar-refractivity contribution in [3.05, 3.63) is 40.0 Å². The standard InChI is InChI=1S/C15H14ClNO2/c1-2-8-6-7-9-12(15(18)19)13-10(16)4-3-5-11(13)17-14(8)9/h3-5,8H,2,6-7H2,1H3,(H,18,19). The van der Waals surface area contributed by atoms with Gasteiger partial charge in [-0.05, 0) is 37.0 Å². The van der Waals surface area contributed by atoms with Crippen molar-refractivity contribution in [3.8, 4) is 0 Å². The third-order valence-electron chi connectivity index (χ3n) is 3.93. The molecule has 4 heteroatoms. The molecule has 0 bridgehead atoms. The normalized spacial score (nSPS) is 17.7. The smallest absolute Gasteiger partial charge is 0.336 e. The van der Waals surface area contributed by atoms with E-state index in [2.05, 4.69) is 11.9 Å². The van der Waals surface area contributed by atoms with Gasteiger partial charge in [0.1, 0.15) is 0 Å². The Kier molecular flexibility index (Phi) is 2.94. The molecular formula is C15H14ClNO2. The first-order valence-electron chi connectivity index (χ1n) is 6.47. The molecule has 0 radical (unpaired) electrons. The fourth-order valence-corrected chi connectivity index (χ4v) is 3.27. The summed E-state index contributed by atoms with van der Waals surface area (Å²) in [6.07, 6.45) is 2.75. The highest BCUT2D eigenvalue weighted by molar-refractivity contribution is 6.36. The first-order chi connectivity index (χ1) is 9.13. The van der Waals surface area contributed by atoms with Gasteiger partial charge in [-0.2, -0.15) is 0 Å². The number of aromatic nitrogens is 1. The predicted molar refractivity (Wildman–Crippen MR) is 75.1 cm³/mol.